The van der Waals surface area contributed by atoms with Gasteiger partial charge >= 0.3 is 0 Å². The molecule has 0 aliphatic rings. The van der Waals surface area contributed by atoms with Crippen molar-refractivity contribution in [1.82, 2.24) is 15.4 Å². The molecule has 0 atom stereocenters. The molecule has 6 nitrogen and oxygen atoms in total. The van der Waals surface area contributed by atoms with Crippen LogP contribution < -0.4 is 15.4 Å². The van der Waals surface area contributed by atoms with Crippen LogP contribution in [0.3, 0.4) is 0 Å². The van der Waals surface area contributed by atoms with Gasteiger partial charge in [0.15, 0.2) is 5.96 Å². The molecule has 0 aliphatic carbocycles. The normalized spacial score (nSPS) is 12.1. The van der Waals surface area contributed by atoms with Gasteiger partial charge in [-0.15, -0.1) is 0 Å². The van der Waals surface area contributed by atoms with Gasteiger partial charge in [0.25, 0.3) is 0 Å². The lowest BCUT2D eigenvalue weighted by atomic mass is 10.1. The van der Waals surface area contributed by atoms with Crippen molar-refractivity contribution >= 4 is 16.0 Å². The van der Waals surface area contributed by atoms with Crippen LogP contribution in [-0.4, -0.2) is 45.8 Å². The molecule has 0 saturated carbocycles. The van der Waals surface area contributed by atoms with E-state index in [9.17, 15) is 8.42 Å². The maximum absolute atomic E-state index is 11.2. The minimum absolute atomic E-state index is 0.370. The summed E-state index contributed by atoms with van der Waals surface area (Å²) in [4.78, 5) is 4.33. The third-order valence-electron chi connectivity index (χ3n) is 1.78. The number of aliphatic imine (C=N–C) groups is 1. The standard InChI is InChI=1S/C10H24N4O2S/c1-6-11-9(12-7-2)13-8-10(3,4)14-17(5,15)16/h14H,6-8H2,1-5H3,(H2,11,12,13). The van der Waals surface area contributed by atoms with Crippen LogP contribution in [0.15, 0.2) is 4.99 Å². The number of hydrogen-bond donors (Lipinski definition) is 3. The van der Waals surface area contributed by atoms with Crippen LogP contribution in [0.2, 0.25) is 0 Å². The van der Waals surface area contributed by atoms with E-state index in [0.29, 0.717) is 12.5 Å². The molecule has 0 spiro atoms. The minimum Gasteiger partial charge on any atom is -0.357 e. The van der Waals surface area contributed by atoms with Crippen LogP contribution in [0.1, 0.15) is 27.7 Å². The smallest absolute Gasteiger partial charge is 0.209 e. The van der Waals surface area contributed by atoms with E-state index in [2.05, 4.69) is 20.3 Å². The van der Waals surface area contributed by atoms with Gasteiger partial charge in [0.05, 0.1) is 12.8 Å². The van der Waals surface area contributed by atoms with Gasteiger partial charge in [0.2, 0.25) is 10.0 Å². The van der Waals surface area contributed by atoms with Gasteiger partial charge < -0.3 is 10.6 Å². The van der Waals surface area contributed by atoms with Crippen LogP contribution >= 0.6 is 0 Å². The second-order valence-corrected chi connectivity index (χ2v) is 6.23. The maximum atomic E-state index is 11.2. The average molecular weight is 264 g/mol. The Morgan fingerprint density at radius 3 is 2.00 bits per heavy atom. The van der Waals surface area contributed by atoms with E-state index in [-0.39, 0.29) is 0 Å². The maximum Gasteiger partial charge on any atom is 0.209 e. The molecular formula is C10H24N4O2S. The summed E-state index contributed by atoms with van der Waals surface area (Å²) in [5, 5.41) is 6.16. The Kier molecular flexibility index (Phi) is 6.48. The first-order valence-corrected chi connectivity index (χ1v) is 7.60. The highest BCUT2D eigenvalue weighted by Crippen LogP contribution is 2.04. The van der Waals surface area contributed by atoms with Gasteiger partial charge in [-0.05, 0) is 27.7 Å². The van der Waals surface area contributed by atoms with Gasteiger partial charge in [-0.2, -0.15) is 0 Å². The molecule has 0 aromatic heterocycles. The van der Waals surface area contributed by atoms with Gasteiger partial charge in [-0.25, -0.2) is 13.1 Å². The Bertz CT molecular complexity index is 341. The second kappa shape index (κ2) is 6.80. The summed E-state index contributed by atoms with van der Waals surface area (Å²) < 4.78 is 24.8. The van der Waals surface area contributed by atoms with Crippen molar-refractivity contribution in [2.24, 2.45) is 4.99 Å². The molecule has 0 radical (unpaired) electrons. The van der Waals surface area contributed by atoms with Crippen LogP contribution in [0, 0.1) is 0 Å². The molecule has 0 bridgehead atoms. The highest BCUT2D eigenvalue weighted by Gasteiger charge is 2.21. The number of guanidine groups is 1. The molecular weight excluding hydrogens is 240 g/mol. The second-order valence-electron chi connectivity index (χ2n) is 4.48. The summed E-state index contributed by atoms with van der Waals surface area (Å²) in [6.07, 6.45) is 1.15. The van der Waals surface area contributed by atoms with Crippen LogP contribution in [0.5, 0.6) is 0 Å². The van der Waals surface area contributed by atoms with Gasteiger partial charge in [0.1, 0.15) is 0 Å². The van der Waals surface area contributed by atoms with Crippen molar-refractivity contribution in [2.45, 2.75) is 33.2 Å². The van der Waals surface area contributed by atoms with Crippen molar-refractivity contribution in [2.75, 3.05) is 25.9 Å². The van der Waals surface area contributed by atoms with E-state index in [0.717, 1.165) is 19.3 Å². The monoisotopic (exact) mass is 264 g/mol. The third kappa shape index (κ3) is 8.93. The summed E-state index contributed by atoms with van der Waals surface area (Å²) in [5.74, 6) is 0.693. The quantitative estimate of drug-likeness (QED) is 0.462. The Morgan fingerprint density at radius 1 is 1.18 bits per heavy atom. The van der Waals surface area contributed by atoms with Crippen molar-refractivity contribution in [3.8, 4) is 0 Å². The van der Waals surface area contributed by atoms with Crippen LogP contribution in [-0.2, 0) is 10.0 Å². The molecule has 0 heterocycles. The van der Waals surface area contributed by atoms with Gasteiger partial charge in [-0.1, -0.05) is 0 Å². The summed E-state index contributed by atoms with van der Waals surface area (Å²) in [7, 11) is -3.21. The Balaban J connectivity index is 4.52. The molecule has 0 aromatic carbocycles. The molecule has 0 unspecified atom stereocenters. The number of hydrogen-bond acceptors (Lipinski definition) is 3. The lowest BCUT2D eigenvalue weighted by molar-refractivity contribution is 0.464. The third-order valence-corrected chi connectivity index (χ3v) is 2.71. The van der Waals surface area contributed by atoms with Gasteiger partial charge in [0, 0.05) is 18.6 Å². The molecule has 0 fully saturated rings. The largest absolute Gasteiger partial charge is 0.357 e. The number of rotatable bonds is 6. The molecule has 3 N–H and O–H groups in total. The van der Waals surface area contributed by atoms with E-state index >= 15 is 0 Å². The van der Waals surface area contributed by atoms with Crippen molar-refractivity contribution in [3.05, 3.63) is 0 Å². The van der Waals surface area contributed by atoms with Crippen molar-refractivity contribution < 1.29 is 8.42 Å². The highest BCUT2D eigenvalue weighted by atomic mass is 32.2. The summed E-state index contributed by atoms with van der Waals surface area (Å²) in [6, 6.07) is 0. The number of nitrogens with zero attached hydrogens (tertiary/aromatic N) is 1. The summed E-state index contributed by atoms with van der Waals surface area (Å²) >= 11 is 0. The Morgan fingerprint density at radius 2 is 1.65 bits per heavy atom. The topological polar surface area (TPSA) is 82.6 Å². The first kappa shape index (κ1) is 16.2. The molecule has 0 aliphatic heterocycles. The van der Waals surface area contributed by atoms with E-state index in [4.69, 9.17) is 0 Å². The first-order valence-electron chi connectivity index (χ1n) is 5.71. The molecule has 7 heteroatoms. The van der Waals surface area contributed by atoms with Gasteiger partial charge in [-0.3, -0.25) is 4.99 Å². The molecule has 0 amide bonds. The van der Waals surface area contributed by atoms with Crippen molar-refractivity contribution in [3.63, 3.8) is 0 Å². The Labute approximate surface area is 104 Å². The number of sulfonamides is 1. The predicted octanol–water partition coefficient (Wildman–Crippen LogP) is -0.111. The average Bonchev–Trinajstić information content (AvgIpc) is 2.11. The predicted molar refractivity (Wildman–Crippen MR) is 71.7 cm³/mol. The zero-order valence-corrected chi connectivity index (χ0v) is 12.1. The van der Waals surface area contributed by atoms with Crippen LogP contribution in [0.25, 0.3) is 0 Å². The van der Waals surface area contributed by atoms with Crippen molar-refractivity contribution in [1.29, 1.82) is 0 Å². The molecule has 17 heavy (non-hydrogen) atoms. The molecule has 0 aromatic rings. The van der Waals surface area contributed by atoms with E-state index < -0.39 is 15.6 Å². The molecule has 102 valence electrons. The SMILES string of the molecule is CCNC(=NCC(C)(C)NS(C)(=O)=O)NCC. The lowest BCUT2D eigenvalue weighted by Gasteiger charge is -2.23. The molecule has 0 rings (SSSR count). The zero-order valence-electron chi connectivity index (χ0n) is 11.3. The molecule has 0 saturated heterocycles. The summed E-state index contributed by atoms with van der Waals surface area (Å²) in [6.45, 7) is 9.46. The Hall–Kier alpha value is -0.820. The lowest BCUT2D eigenvalue weighted by Crippen LogP contribution is -2.46. The minimum atomic E-state index is -3.21. The number of nitrogens with one attached hydrogen (secondary N) is 3. The van der Waals surface area contributed by atoms with E-state index in [1.807, 2.05) is 13.8 Å². The highest BCUT2D eigenvalue weighted by molar-refractivity contribution is 7.88. The fourth-order valence-electron chi connectivity index (χ4n) is 1.32. The van der Waals surface area contributed by atoms with E-state index in [1.165, 1.54) is 0 Å². The fourth-order valence-corrected chi connectivity index (χ4v) is 2.39. The zero-order chi connectivity index (χ0) is 13.5. The fraction of sp³-hybridized carbons (Fsp3) is 0.900. The first-order chi connectivity index (χ1) is 7.70. The summed E-state index contributed by atoms with van der Waals surface area (Å²) in [5.41, 5.74) is -0.594. The van der Waals surface area contributed by atoms with Crippen LogP contribution in [0.4, 0.5) is 0 Å². The van der Waals surface area contributed by atoms with E-state index in [1.54, 1.807) is 13.8 Å².